The molecule has 0 saturated carbocycles. The van der Waals surface area contributed by atoms with Crippen LogP contribution in [-0.4, -0.2) is 39.6 Å². The molecule has 3 aromatic rings. The van der Waals surface area contributed by atoms with E-state index in [1.165, 1.54) is 193 Å². The summed E-state index contributed by atoms with van der Waals surface area (Å²) < 4.78 is 43.8. The molecule has 2 aromatic carbocycles. The fourth-order valence-electron chi connectivity index (χ4n) is 9.04. The summed E-state index contributed by atoms with van der Waals surface area (Å²) in [6, 6.07) is 4.32. The van der Waals surface area contributed by atoms with Gasteiger partial charge in [0.05, 0.1) is 59.8 Å². The molecular formula is C60H104O6S. The summed E-state index contributed by atoms with van der Waals surface area (Å²) in [6.45, 7) is 17.7. The van der Waals surface area contributed by atoms with E-state index < -0.39 is 0 Å². The molecule has 0 aliphatic heterocycles. The van der Waals surface area contributed by atoms with E-state index in [1.807, 2.05) is 0 Å². The van der Waals surface area contributed by atoms with Crippen LogP contribution in [0.3, 0.4) is 0 Å². The van der Waals surface area contributed by atoms with Crippen LogP contribution in [0.2, 0.25) is 0 Å². The van der Waals surface area contributed by atoms with Gasteiger partial charge in [0, 0.05) is 12.1 Å². The first-order valence-electron chi connectivity index (χ1n) is 29.0. The van der Waals surface area contributed by atoms with Crippen LogP contribution < -0.4 is 28.4 Å². The van der Waals surface area contributed by atoms with Gasteiger partial charge in [0.25, 0.3) is 0 Å². The third-order valence-corrected chi connectivity index (χ3v) is 14.5. The van der Waals surface area contributed by atoms with Gasteiger partial charge in [-0.05, 0) is 38.5 Å². The second-order valence-corrected chi connectivity index (χ2v) is 20.6. The van der Waals surface area contributed by atoms with E-state index in [4.69, 9.17) is 28.4 Å². The largest absolute Gasteiger partial charge is 0.492 e. The van der Waals surface area contributed by atoms with Crippen molar-refractivity contribution in [3.05, 3.63) is 12.1 Å². The van der Waals surface area contributed by atoms with Crippen molar-refractivity contribution in [2.45, 2.75) is 273 Å². The normalized spacial score (nSPS) is 11.6. The molecule has 7 heteroatoms. The molecule has 0 bridgehead atoms. The molecule has 0 fully saturated rings. The monoisotopic (exact) mass is 953 g/mol. The van der Waals surface area contributed by atoms with Crippen molar-refractivity contribution < 1.29 is 28.4 Å². The number of rotatable bonds is 48. The van der Waals surface area contributed by atoms with Gasteiger partial charge in [-0.15, -0.1) is 11.3 Å². The third-order valence-electron chi connectivity index (χ3n) is 13.3. The quantitative estimate of drug-likeness (QED) is 0.0526. The minimum Gasteiger partial charge on any atom is -0.492 e. The lowest BCUT2D eigenvalue weighted by Gasteiger charge is -2.19. The maximum absolute atomic E-state index is 7.06. The number of ether oxygens (including phenoxy) is 6. The highest BCUT2D eigenvalue weighted by atomic mass is 32.1. The van der Waals surface area contributed by atoms with Crippen LogP contribution in [0.1, 0.15) is 273 Å². The standard InChI is InChI=1S/C60H104O6S/c1-7-13-19-25-31-37-43-61-51-49-53(63-45-39-33-27-21-15-9-3)59-55(57(51)65-47-41-35-29-23-17-11-5)56-58(66-48-42-36-30-24-18-12-6)52(62-44-38-32-26-20-14-8-2)50-54(60(56)67-59)64-46-40-34-28-22-16-10-4/h49-50H,7-48H2,1-6H3. The SMILES string of the molecule is CCCCCCCCOc1cc(OCCCCCCCC)c2sc3c(OCCCCCCCC)cc(OCCCCCCCC)c(OCCCCCCCC)c3c2c1OCCCCCCCC. The summed E-state index contributed by atoms with van der Waals surface area (Å²) in [5.41, 5.74) is 0. The van der Waals surface area contributed by atoms with Crippen LogP contribution in [0.5, 0.6) is 34.5 Å². The molecule has 67 heavy (non-hydrogen) atoms. The van der Waals surface area contributed by atoms with Gasteiger partial charge in [-0.2, -0.15) is 0 Å². The first-order chi connectivity index (χ1) is 33.1. The third kappa shape index (κ3) is 24.2. The van der Waals surface area contributed by atoms with Crippen LogP contribution in [0, 0.1) is 0 Å². The molecule has 0 unspecified atom stereocenters. The molecular weight excluding hydrogens is 849 g/mol. The molecule has 0 amide bonds. The zero-order valence-electron chi connectivity index (χ0n) is 44.7. The Labute approximate surface area is 417 Å². The molecule has 0 atom stereocenters. The Morgan fingerprint density at radius 2 is 0.463 bits per heavy atom. The molecule has 1 aromatic heterocycles. The molecule has 6 nitrogen and oxygen atoms in total. The summed E-state index contributed by atoms with van der Waals surface area (Å²) in [5.74, 6) is 5.00. The molecule has 3 rings (SSSR count). The zero-order valence-corrected chi connectivity index (χ0v) is 45.5. The first-order valence-corrected chi connectivity index (χ1v) is 29.8. The summed E-state index contributed by atoms with van der Waals surface area (Å²) in [4.78, 5) is 0. The first kappa shape index (κ1) is 58.8. The molecule has 0 spiro atoms. The zero-order chi connectivity index (χ0) is 47.8. The Hall–Kier alpha value is -2.54. The number of hydrogen-bond donors (Lipinski definition) is 0. The van der Waals surface area contributed by atoms with E-state index in [-0.39, 0.29) is 0 Å². The number of thiophene rings is 1. The average Bonchev–Trinajstić information content (AvgIpc) is 3.74. The van der Waals surface area contributed by atoms with E-state index in [2.05, 4.69) is 53.7 Å². The van der Waals surface area contributed by atoms with E-state index in [9.17, 15) is 0 Å². The lowest BCUT2D eigenvalue weighted by Crippen LogP contribution is -2.06. The van der Waals surface area contributed by atoms with Crippen LogP contribution in [0.4, 0.5) is 0 Å². The minimum absolute atomic E-state index is 0.646. The van der Waals surface area contributed by atoms with Crippen LogP contribution >= 0.6 is 11.3 Å². The van der Waals surface area contributed by atoms with Gasteiger partial charge < -0.3 is 28.4 Å². The fraction of sp³-hybridized carbons (Fsp3) is 0.800. The van der Waals surface area contributed by atoms with Gasteiger partial charge in [-0.25, -0.2) is 0 Å². The molecule has 0 radical (unpaired) electrons. The number of hydrogen-bond acceptors (Lipinski definition) is 7. The second-order valence-electron chi connectivity index (χ2n) is 19.6. The highest BCUT2D eigenvalue weighted by Gasteiger charge is 2.28. The van der Waals surface area contributed by atoms with E-state index >= 15 is 0 Å². The second kappa shape index (κ2) is 40.2. The number of benzene rings is 2. The van der Waals surface area contributed by atoms with Crippen molar-refractivity contribution in [1.29, 1.82) is 0 Å². The predicted molar refractivity (Wildman–Crippen MR) is 293 cm³/mol. The molecule has 1 heterocycles. The lowest BCUT2D eigenvalue weighted by molar-refractivity contribution is 0.256. The topological polar surface area (TPSA) is 55.4 Å². The van der Waals surface area contributed by atoms with E-state index in [0.717, 1.165) is 93.2 Å². The van der Waals surface area contributed by atoms with Crippen LogP contribution in [-0.2, 0) is 0 Å². The summed E-state index contributed by atoms with van der Waals surface area (Å²) in [7, 11) is 0. The summed E-state index contributed by atoms with van der Waals surface area (Å²) in [6.07, 6.45) is 43.8. The molecule has 386 valence electrons. The van der Waals surface area contributed by atoms with Crippen molar-refractivity contribution in [2.24, 2.45) is 0 Å². The van der Waals surface area contributed by atoms with Crippen molar-refractivity contribution >= 4 is 31.5 Å². The molecule has 0 aliphatic rings. The van der Waals surface area contributed by atoms with Gasteiger partial charge in [0.15, 0.2) is 23.0 Å². The Morgan fingerprint density at radius 1 is 0.254 bits per heavy atom. The van der Waals surface area contributed by atoms with Crippen LogP contribution in [0.15, 0.2) is 12.1 Å². The van der Waals surface area contributed by atoms with Gasteiger partial charge >= 0.3 is 0 Å². The smallest absolute Gasteiger partial charge is 0.170 e. The Balaban J connectivity index is 2.21. The summed E-state index contributed by atoms with van der Waals surface area (Å²) >= 11 is 1.77. The number of fused-ring (bicyclic) bond motifs is 3. The lowest BCUT2D eigenvalue weighted by atomic mass is 10.1. The Morgan fingerprint density at radius 3 is 0.716 bits per heavy atom. The maximum atomic E-state index is 7.06. The van der Waals surface area contributed by atoms with Gasteiger partial charge in [-0.1, -0.05) is 234 Å². The highest BCUT2D eigenvalue weighted by molar-refractivity contribution is 7.26. The van der Waals surface area contributed by atoms with Crippen molar-refractivity contribution in [3.63, 3.8) is 0 Å². The van der Waals surface area contributed by atoms with Gasteiger partial charge in [-0.3, -0.25) is 0 Å². The minimum atomic E-state index is 0.646. The Kier molecular flexibility index (Phi) is 35.3. The average molecular weight is 954 g/mol. The Bertz CT molecular complexity index is 1500. The van der Waals surface area contributed by atoms with Gasteiger partial charge in [0.1, 0.15) is 11.5 Å². The highest BCUT2D eigenvalue weighted by Crippen LogP contribution is 2.56. The van der Waals surface area contributed by atoms with Crippen molar-refractivity contribution in [3.8, 4) is 34.5 Å². The van der Waals surface area contributed by atoms with E-state index in [1.54, 1.807) is 11.3 Å². The van der Waals surface area contributed by atoms with Crippen molar-refractivity contribution in [2.75, 3.05) is 39.6 Å². The molecule has 0 aliphatic carbocycles. The molecule has 0 N–H and O–H groups in total. The summed E-state index contributed by atoms with van der Waals surface area (Å²) in [5, 5.41) is 2.08. The van der Waals surface area contributed by atoms with Gasteiger partial charge in [0.2, 0.25) is 0 Å². The van der Waals surface area contributed by atoms with Crippen molar-refractivity contribution in [1.82, 2.24) is 0 Å². The molecule has 0 saturated heterocycles. The predicted octanol–water partition coefficient (Wildman–Crippen LogP) is 20.5. The maximum Gasteiger partial charge on any atom is 0.170 e. The van der Waals surface area contributed by atoms with Crippen LogP contribution in [0.25, 0.3) is 20.2 Å². The fourth-order valence-corrected chi connectivity index (χ4v) is 10.3. The number of unbranched alkanes of at least 4 members (excludes halogenated alkanes) is 30. The van der Waals surface area contributed by atoms with E-state index in [0.29, 0.717) is 39.6 Å².